The molecule has 0 aromatic carbocycles. The molecule has 0 unspecified atom stereocenters. The van der Waals surface area contributed by atoms with Crippen molar-refractivity contribution < 1.29 is 9.90 Å². The Morgan fingerprint density at radius 3 is 1.27 bits per heavy atom. The van der Waals surface area contributed by atoms with E-state index in [1.807, 2.05) is 0 Å². The van der Waals surface area contributed by atoms with E-state index in [0.717, 1.165) is 12.8 Å². The molecule has 0 aromatic heterocycles. The maximum absolute atomic E-state index is 10.3. The molecule has 0 saturated heterocycles. The highest BCUT2D eigenvalue weighted by Crippen LogP contribution is 2.15. The zero-order valence-electron chi connectivity index (χ0n) is 15.1. The van der Waals surface area contributed by atoms with Gasteiger partial charge in [0.05, 0.1) is 0 Å². The summed E-state index contributed by atoms with van der Waals surface area (Å²) in [6.45, 7) is 2.25. The molecule has 0 amide bonds. The molecule has 2 nitrogen and oxygen atoms in total. The highest BCUT2D eigenvalue weighted by molar-refractivity contribution is 5.66. The summed E-state index contributed by atoms with van der Waals surface area (Å²) in [5, 5.41) is 8.46. The van der Waals surface area contributed by atoms with Crippen molar-refractivity contribution in [1.29, 1.82) is 0 Å². The molecule has 0 radical (unpaired) electrons. The largest absolute Gasteiger partial charge is 0.481 e. The first-order valence-corrected chi connectivity index (χ1v) is 9.99. The zero-order chi connectivity index (χ0) is 16.3. The summed E-state index contributed by atoms with van der Waals surface area (Å²) in [5.74, 6) is -0.657. The molecule has 132 valence electrons. The number of carboxylic acids is 1. The van der Waals surface area contributed by atoms with E-state index in [1.165, 1.54) is 96.3 Å². The Bertz CT molecular complexity index is 210. The molecule has 1 N–H and O–H groups in total. The minimum absolute atomic E-state index is 0.344. The van der Waals surface area contributed by atoms with E-state index >= 15 is 0 Å². The summed E-state index contributed by atoms with van der Waals surface area (Å²) in [7, 11) is 0. The van der Waals surface area contributed by atoms with E-state index in [0.29, 0.717) is 6.42 Å². The number of hydrogen-bond acceptors (Lipinski definition) is 1. The molecular weight excluding hydrogens is 272 g/mol. The minimum Gasteiger partial charge on any atom is -0.481 e. The summed E-state index contributed by atoms with van der Waals surface area (Å²) in [5.41, 5.74) is 0. The minimum atomic E-state index is -0.657. The molecule has 0 aromatic rings. The van der Waals surface area contributed by atoms with Crippen LogP contribution >= 0.6 is 0 Å². The van der Waals surface area contributed by atoms with Gasteiger partial charge in [-0.15, -0.1) is 0 Å². The fourth-order valence-electron chi connectivity index (χ4n) is 3.00. The number of carboxylic acid groups (broad SMARTS) is 1. The van der Waals surface area contributed by atoms with Gasteiger partial charge in [-0.05, 0) is 6.42 Å². The number of aliphatic carboxylic acids is 1. The lowest BCUT2D eigenvalue weighted by Gasteiger charge is -2.05. The van der Waals surface area contributed by atoms with E-state index in [-0.39, 0.29) is 0 Å². The van der Waals surface area contributed by atoms with Crippen molar-refractivity contribution in [2.24, 2.45) is 0 Å². The average Bonchev–Trinajstić information content (AvgIpc) is 2.54. The van der Waals surface area contributed by atoms with Crippen LogP contribution in [0.4, 0.5) is 0 Å². The number of carbonyl (C=O) groups is 1. The molecule has 1 aliphatic carbocycles. The monoisotopic (exact) mass is 312 g/mol. The van der Waals surface area contributed by atoms with Gasteiger partial charge in [0.15, 0.2) is 0 Å². The number of rotatable bonds is 12. The Balaban J connectivity index is 0.000000604. The first-order valence-electron chi connectivity index (χ1n) is 9.99. The topological polar surface area (TPSA) is 37.3 Å². The van der Waals surface area contributed by atoms with Crippen LogP contribution in [-0.2, 0) is 4.79 Å². The highest BCUT2D eigenvalue weighted by atomic mass is 16.4. The quantitative estimate of drug-likeness (QED) is 0.390. The highest BCUT2D eigenvalue weighted by Gasteiger charge is 1.97. The molecular formula is C20H40O2. The van der Waals surface area contributed by atoms with Gasteiger partial charge < -0.3 is 5.11 Å². The van der Waals surface area contributed by atoms with Crippen molar-refractivity contribution in [3.05, 3.63) is 0 Å². The van der Waals surface area contributed by atoms with Crippen LogP contribution in [0.3, 0.4) is 0 Å². The van der Waals surface area contributed by atoms with Gasteiger partial charge in [0, 0.05) is 6.42 Å². The van der Waals surface area contributed by atoms with Gasteiger partial charge in [-0.25, -0.2) is 0 Å². The summed E-state index contributed by atoms with van der Waals surface area (Å²) in [6.07, 6.45) is 23.4. The number of unbranched alkanes of at least 4 members (excludes halogenated alkanes) is 10. The normalized spacial score (nSPS) is 14.2. The van der Waals surface area contributed by atoms with Crippen LogP contribution in [0.15, 0.2) is 0 Å². The van der Waals surface area contributed by atoms with Crippen LogP contribution in [0.5, 0.6) is 0 Å². The second kappa shape index (κ2) is 18.5. The molecule has 0 atom stereocenters. The van der Waals surface area contributed by atoms with Crippen molar-refractivity contribution in [3.8, 4) is 0 Å². The standard InChI is InChI=1S/C14H28O2.C6H12/c1-2-3-4-5-6-7-8-9-10-11-12-13-14(15)16;1-2-4-6-5-3-1/h2-13H2,1H3,(H,15,16);1-6H2. The summed E-state index contributed by atoms with van der Waals surface area (Å²) in [6, 6.07) is 0. The van der Waals surface area contributed by atoms with Crippen LogP contribution in [0.2, 0.25) is 0 Å². The third-order valence-electron chi connectivity index (χ3n) is 4.49. The maximum atomic E-state index is 10.3. The van der Waals surface area contributed by atoms with Crippen molar-refractivity contribution >= 4 is 5.97 Å². The Kier molecular flexibility index (Phi) is 18.1. The Morgan fingerprint density at radius 1 is 0.636 bits per heavy atom. The lowest BCUT2D eigenvalue weighted by molar-refractivity contribution is -0.137. The van der Waals surface area contributed by atoms with Gasteiger partial charge >= 0.3 is 5.97 Å². The first kappa shape index (κ1) is 21.5. The predicted molar refractivity (Wildman–Crippen MR) is 96.4 cm³/mol. The summed E-state index contributed by atoms with van der Waals surface area (Å²) >= 11 is 0. The van der Waals surface area contributed by atoms with E-state index in [4.69, 9.17) is 5.11 Å². The van der Waals surface area contributed by atoms with Crippen LogP contribution in [0, 0.1) is 0 Å². The number of hydrogen-bond donors (Lipinski definition) is 1. The van der Waals surface area contributed by atoms with E-state index < -0.39 is 5.97 Å². The molecule has 0 bridgehead atoms. The molecule has 1 rings (SSSR count). The molecule has 1 saturated carbocycles. The second-order valence-corrected chi connectivity index (χ2v) is 6.80. The fraction of sp³-hybridized carbons (Fsp3) is 0.950. The van der Waals surface area contributed by atoms with Gasteiger partial charge in [0.1, 0.15) is 0 Å². The van der Waals surface area contributed by atoms with Crippen molar-refractivity contribution in [3.63, 3.8) is 0 Å². The Morgan fingerprint density at radius 2 is 0.955 bits per heavy atom. The molecule has 2 heteroatoms. The van der Waals surface area contributed by atoms with Gasteiger partial charge in [-0.2, -0.15) is 0 Å². The average molecular weight is 313 g/mol. The zero-order valence-corrected chi connectivity index (χ0v) is 15.1. The van der Waals surface area contributed by atoms with Crippen LogP contribution in [0.1, 0.15) is 122 Å². The molecule has 0 aliphatic heterocycles. The van der Waals surface area contributed by atoms with Crippen LogP contribution in [-0.4, -0.2) is 11.1 Å². The predicted octanol–water partition coefficient (Wildman–Crippen LogP) is 7.11. The van der Waals surface area contributed by atoms with E-state index in [2.05, 4.69) is 6.92 Å². The van der Waals surface area contributed by atoms with Crippen molar-refractivity contribution in [2.75, 3.05) is 0 Å². The van der Waals surface area contributed by atoms with Gasteiger partial charge in [0.2, 0.25) is 0 Å². The smallest absolute Gasteiger partial charge is 0.303 e. The molecule has 1 fully saturated rings. The van der Waals surface area contributed by atoms with E-state index in [1.54, 1.807) is 0 Å². The fourth-order valence-corrected chi connectivity index (χ4v) is 3.00. The lowest BCUT2D eigenvalue weighted by Crippen LogP contribution is -1.93. The van der Waals surface area contributed by atoms with Gasteiger partial charge in [-0.1, -0.05) is 110 Å². The SMILES string of the molecule is C1CCCCC1.CCCCCCCCCCCCCC(=O)O. The molecule has 0 heterocycles. The second-order valence-electron chi connectivity index (χ2n) is 6.80. The lowest BCUT2D eigenvalue weighted by atomic mass is 10.0. The third kappa shape index (κ3) is 19.5. The Hall–Kier alpha value is -0.530. The Labute approximate surface area is 139 Å². The maximum Gasteiger partial charge on any atom is 0.303 e. The summed E-state index contributed by atoms with van der Waals surface area (Å²) in [4.78, 5) is 10.3. The van der Waals surface area contributed by atoms with Crippen molar-refractivity contribution in [2.45, 2.75) is 122 Å². The van der Waals surface area contributed by atoms with Crippen molar-refractivity contribution in [1.82, 2.24) is 0 Å². The van der Waals surface area contributed by atoms with E-state index in [9.17, 15) is 4.79 Å². The van der Waals surface area contributed by atoms with Gasteiger partial charge in [-0.3, -0.25) is 4.79 Å². The molecule has 22 heavy (non-hydrogen) atoms. The van der Waals surface area contributed by atoms with Gasteiger partial charge in [0.25, 0.3) is 0 Å². The van der Waals surface area contributed by atoms with Crippen LogP contribution in [0.25, 0.3) is 0 Å². The van der Waals surface area contributed by atoms with Crippen LogP contribution < -0.4 is 0 Å². The molecule has 1 aliphatic rings. The third-order valence-corrected chi connectivity index (χ3v) is 4.49. The summed E-state index contributed by atoms with van der Waals surface area (Å²) < 4.78 is 0. The first-order chi connectivity index (χ1) is 10.8. The molecule has 0 spiro atoms.